The smallest absolute Gasteiger partial charge is 0.305 e. The van der Waals surface area contributed by atoms with E-state index in [1.54, 1.807) is 5.38 Å². The predicted octanol–water partition coefficient (Wildman–Crippen LogP) is 1.06. The van der Waals surface area contributed by atoms with Crippen LogP contribution in [0.5, 0.6) is 0 Å². The molecule has 15 heavy (non-hydrogen) atoms. The average Bonchev–Trinajstić information content (AvgIpc) is 2.74. The number of carbonyl (C=O) groups excluding carboxylic acids is 1. The van der Waals surface area contributed by atoms with Crippen molar-refractivity contribution in [2.75, 3.05) is 6.54 Å². The number of carbonyl (C=O) groups is 1. The van der Waals surface area contributed by atoms with Crippen LogP contribution in [-0.2, 0) is 0 Å². The van der Waals surface area contributed by atoms with Crippen molar-refractivity contribution >= 4 is 17.2 Å². The molecule has 0 radical (unpaired) electrons. The van der Waals surface area contributed by atoms with Gasteiger partial charge in [0.25, 0.3) is 5.91 Å². The molecule has 2 atom stereocenters. The first kappa shape index (κ1) is 9.15. The second kappa shape index (κ2) is 3.20. The van der Waals surface area contributed by atoms with E-state index in [-0.39, 0.29) is 10.8 Å². The zero-order valence-corrected chi connectivity index (χ0v) is 9.05. The number of likely N-dealkylation sites (tertiary alicyclic amines) is 1. The van der Waals surface area contributed by atoms with Gasteiger partial charge in [0.2, 0.25) is 0 Å². The molecular weight excluding hydrogens is 212 g/mol. The van der Waals surface area contributed by atoms with Crippen LogP contribution in [-0.4, -0.2) is 28.4 Å². The van der Waals surface area contributed by atoms with Gasteiger partial charge in [-0.2, -0.15) is 0 Å². The molecule has 1 amide bonds. The van der Waals surface area contributed by atoms with Gasteiger partial charge in [-0.05, 0) is 18.8 Å². The summed E-state index contributed by atoms with van der Waals surface area (Å²) >= 11 is 1.05. The topological polar surface area (TPSA) is 53.2 Å². The van der Waals surface area contributed by atoms with Crippen LogP contribution < -0.4 is 4.87 Å². The van der Waals surface area contributed by atoms with Gasteiger partial charge in [-0.1, -0.05) is 17.8 Å². The quantitative estimate of drug-likeness (QED) is 0.775. The zero-order valence-electron chi connectivity index (χ0n) is 8.23. The minimum absolute atomic E-state index is 0.00324. The number of thiazole rings is 1. The monoisotopic (exact) mass is 224 g/mol. The Bertz CT molecular complexity index is 450. The van der Waals surface area contributed by atoms with Crippen LogP contribution in [0, 0.1) is 5.92 Å². The Morgan fingerprint density at radius 1 is 1.53 bits per heavy atom. The number of H-pyrrole nitrogens is 1. The summed E-state index contributed by atoms with van der Waals surface area (Å²) in [7, 11) is 0. The standard InChI is InChI=1S/C10H12N2O2S/c13-9(7-5-15-10(14)11-7)12-4-6-2-1-3-8(6)12/h5-6,8H,1-4H2,(H,11,14). The number of aromatic nitrogens is 1. The van der Waals surface area contributed by atoms with Gasteiger partial charge in [-0.3, -0.25) is 9.59 Å². The third kappa shape index (κ3) is 1.33. The SMILES string of the molecule is O=C(c1csc(=O)[nH]1)N1CC2CCCC21. The maximum atomic E-state index is 11.9. The minimum Gasteiger partial charge on any atom is -0.334 e. The zero-order chi connectivity index (χ0) is 10.4. The molecule has 1 N–H and O–H groups in total. The van der Waals surface area contributed by atoms with Crippen LogP contribution in [0.1, 0.15) is 29.8 Å². The molecule has 2 aliphatic rings. The number of nitrogens with zero attached hydrogens (tertiary/aromatic N) is 1. The van der Waals surface area contributed by atoms with Gasteiger partial charge in [-0.15, -0.1) is 0 Å². The van der Waals surface area contributed by atoms with Crippen molar-refractivity contribution in [3.63, 3.8) is 0 Å². The number of fused-ring (bicyclic) bond motifs is 1. The molecule has 2 heterocycles. The summed E-state index contributed by atoms with van der Waals surface area (Å²) in [6.07, 6.45) is 3.62. The Morgan fingerprint density at radius 3 is 3.07 bits per heavy atom. The molecule has 1 aliphatic heterocycles. The summed E-state index contributed by atoms with van der Waals surface area (Å²) in [5.74, 6) is 0.718. The van der Waals surface area contributed by atoms with Gasteiger partial charge in [0, 0.05) is 18.0 Å². The van der Waals surface area contributed by atoms with E-state index >= 15 is 0 Å². The second-order valence-electron chi connectivity index (χ2n) is 4.28. The Balaban J connectivity index is 1.78. The van der Waals surface area contributed by atoms with Crippen LogP contribution in [0.3, 0.4) is 0 Å². The lowest BCUT2D eigenvalue weighted by Gasteiger charge is -2.44. The van der Waals surface area contributed by atoms with Gasteiger partial charge < -0.3 is 9.88 Å². The first-order chi connectivity index (χ1) is 7.25. The van der Waals surface area contributed by atoms with Crippen molar-refractivity contribution in [1.29, 1.82) is 0 Å². The molecule has 1 saturated heterocycles. The minimum atomic E-state index is -0.151. The maximum absolute atomic E-state index is 11.9. The summed E-state index contributed by atoms with van der Waals surface area (Å²) in [5.41, 5.74) is 0.454. The number of amides is 1. The molecular formula is C10H12N2O2S. The van der Waals surface area contributed by atoms with Gasteiger partial charge in [0.05, 0.1) is 0 Å². The summed E-state index contributed by atoms with van der Waals surface area (Å²) in [6.45, 7) is 0.876. The molecule has 1 aliphatic carbocycles. The highest BCUT2D eigenvalue weighted by molar-refractivity contribution is 7.07. The Kier molecular flexibility index (Phi) is 1.95. The number of hydrogen-bond acceptors (Lipinski definition) is 3. The maximum Gasteiger partial charge on any atom is 0.305 e. The molecule has 0 aromatic carbocycles. The van der Waals surface area contributed by atoms with Crippen molar-refractivity contribution in [2.24, 2.45) is 5.92 Å². The highest BCUT2D eigenvalue weighted by Gasteiger charge is 2.44. The fourth-order valence-electron chi connectivity index (χ4n) is 2.66. The molecule has 1 aromatic heterocycles. The van der Waals surface area contributed by atoms with Crippen LogP contribution in [0.25, 0.3) is 0 Å². The third-order valence-corrected chi connectivity index (χ3v) is 4.13. The van der Waals surface area contributed by atoms with Crippen molar-refractivity contribution in [1.82, 2.24) is 9.88 Å². The molecule has 4 nitrogen and oxygen atoms in total. The normalized spacial score (nSPS) is 28.7. The first-order valence-electron chi connectivity index (χ1n) is 5.24. The number of aromatic amines is 1. The van der Waals surface area contributed by atoms with E-state index in [1.165, 1.54) is 12.8 Å². The van der Waals surface area contributed by atoms with E-state index in [9.17, 15) is 9.59 Å². The Morgan fingerprint density at radius 2 is 2.40 bits per heavy atom. The van der Waals surface area contributed by atoms with Crippen LogP contribution in [0.2, 0.25) is 0 Å². The summed E-state index contributed by atoms with van der Waals surface area (Å²) in [4.78, 5) is 27.2. The molecule has 1 aromatic rings. The number of hydrogen-bond donors (Lipinski definition) is 1. The van der Waals surface area contributed by atoms with Crippen molar-refractivity contribution < 1.29 is 4.79 Å². The van der Waals surface area contributed by atoms with E-state index in [1.807, 2.05) is 4.90 Å². The van der Waals surface area contributed by atoms with Crippen molar-refractivity contribution in [2.45, 2.75) is 25.3 Å². The lowest BCUT2D eigenvalue weighted by Crippen LogP contribution is -2.56. The Labute approximate surface area is 90.9 Å². The summed E-state index contributed by atoms with van der Waals surface area (Å²) in [5, 5.41) is 1.62. The van der Waals surface area contributed by atoms with E-state index in [0.29, 0.717) is 11.7 Å². The highest BCUT2D eigenvalue weighted by Crippen LogP contribution is 2.39. The van der Waals surface area contributed by atoms with Crippen LogP contribution in [0.15, 0.2) is 10.2 Å². The van der Waals surface area contributed by atoms with Crippen LogP contribution >= 0.6 is 11.3 Å². The first-order valence-corrected chi connectivity index (χ1v) is 6.12. The van der Waals surface area contributed by atoms with Gasteiger partial charge in [-0.25, -0.2) is 0 Å². The number of rotatable bonds is 1. The van der Waals surface area contributed by atoms with Gasteiger partial charge >= 0.3 is 4.87 Å². The fraction of sp³-hybridized carbons (Fsp3) is 0.600. The molecule has 0 spiro atoms. The molecule has 80 valence electrons. The molecule has 1 saturated carbocycles. The molecule has 5 heteroatoms. The van der Waals surface area contributed by atoms with E-state index in [4.69, 9.17) is 0 Å². The number of nitrogens with one attached hydrogen (secondary N) is 1. The van der Waals surface area contributed by atoms with Crippen molar-refractivity contribution in [3.05, 3.63) is 20.7 Å². The highest BCUT2D eigenvalue weighted by atomic mass is 32.1. The molecule has 0 bridgehead atoms. The summed E-state index contributed by atoms with van der Waals surface area (Å²) in [6, 6.07) is 0.445. The van der Waals surface area contributed by atoms with Crippen LogP contribution in [0.4, 0.5) is 0 Å². The lowest BCUT2D eigenvalue weighted by atomic mass is 9.91. The van der Waals surface area contributed by atoms with Crippen molar-refractivity contribution in [3.8, 4) is 0 Å². The Hall–Kier alpha value is -1.10. The molecule has 3 rings (SSSR count). The molecule has 2 unspecified atom stereocenters. The van der Waals surface area contributed by atoms with E-state index < -0.39 is 0 Å². The lowest BCUT2D eigenvalue weighted by molar-refractivity contribution is 0.0264. The van der Waals surface area contributed by atoms with Gasteiger partial charge in [0.1, 0.15) is 5.69 Å². The molecule has 2 fully saturated rings. The van der Waals surface area contributed by atoms with E-state index in [0.717, 1.165) is 30.2 Å². The third-order valence-electron chi connectivity index (χ3n) is 3.46. The largest absolute Gasteiger partial charge is 0.334 e. The van der Waals surface area contributed by atoms with E-state index in [2.05, 4.69) is 4.98 Å². The fourth-order valence-corrected chi connectivity index (χ4v) is 3.22. The second-order valence-corrected chi connectivity index (χ2v) is 5.12. The predicted molar refractivity (Wildman–Crippen MR) is 57.1 cm³/mol. The average molecular weight is 224 g/mol. The van der Waals surface area contributed by atoms with Gasteiger partial charge in [0.15, 0.2) is 0 Å². The summed E-state index contributed by atoms with van der Waals surface area (Å²) < 4.78 is 0.